The van der Waals surface area contributed by atoms with Gasteiger partial charge in [0.2, 0.25) is 0 Å². The Hall–Kier alpha value is -1.06. The zero-order valence-corrected chi connectivity index (χ0v) is 11.7. The number of ether oxygens (including phenoxy) is 1. The summed E-state index contributed by atoms with van der Waals surface area (Å²) >= 11 is 0. The second-order valence-electron chi connectivity index (χ2n) is 4.84. The number of unbranched alkanes of at least 4 members (excludes halogenated alkanes) is 1. The second kappa shape index (κ2) is 8.11. The van der Waals surface area contributed by atoms with Crippen LogP contribution in [0.4, 0.5) is 0 Å². The van der Waals surface area contributed by atoms with E-state index in [1.54, 1.807) is 7.11 Å². The number of hydrogen-bond donors (Lipinski definition) is 1. The van der Waals surface area contributed by atoms with Crippen molar-refractivity contribution in [3.05, 3.63) is 29.8 Å². The lowest BCUT2D eigenvalue weighted by Crippen LogP contribution is -2.31. The molecule has 0 aliphatic carbocycles. The maximum atomic E-state index is 8.83. The summed E-state index contributed by atoms with van der Waals surface area (Å²) in [6.45, 7) is 6.69. The van der Waals surface area contributed by atoms with Gasteiger partial charge in [0, 0.05) is 19.2 Å². The van der Waals surface area contributed by atoms with E-state index in [-0.39, 0.29) is 6.61 Å². The first-order valence-electron chi connectivity index (χ1n) is 6.65. The minimum absolute atomic E-state index is 0.286. The van der Waals surface area contributed by atoms with Gasteiger partial charge in [0.1, 0.15) is 5.75 Å². The fourth-order valence-electron chi connectivity index (χ4n) is 1.91. The van der Waals surface area contributed by atoms with Gasteiger partial charge in [-0.25, -0.2) is 0 Å². The van der Waals surface area contributed by atoms with Crippen LogP contribution in [-0.2, 0) is 6.54 Å². The Balaban J connectivity index is 2.53. The molecule has 0 aromatic heterocycles. The summed E-state index contributed by atoms with van der Waals surface area (Å²) in [5, 5.41) is 8.83. The second-order valence-corrected chi connectivity index (χ2v) is 4.84. The van der Waals surface area contributed by atoms with Crippen molar-refractivity contribution in [1.82, 2.24) is 4.90 Å². The summed E-state index contributed by atoms with van der Waals surface area (Å²) < 4.78 is 5.16. The lowest BCUT2D eigenvalue weighted by molar-refractivity contribution is 0.198. The van der Waals surface area contributed by atoms with E-state index in [4.69, 9.17) is 9.84 Å². The molecule has 0 saturated carbocycles. The first kappa shape index (κ1) is 15.0. The van der Waals surface area contributed by atoms with Crippen molar-refractivity contribution >= 4 is 0 Å². The zero-order valence-electron chi connectivity index (χ0n) is 11.7. The van der Waals surface area contributed by atoms with Gasteiger partial charge >= 0.3 is 0 Å². The van der Waals surface area contributed by atoms with E-state index < -0.39 is 0 Å². The molecule has 0 aliphatic heterocycles. The molecule has 18 heavy (non-hydrogen) atoms. The number of nitrogens with zero attached hydrogens (tertiary/aromatic N) is 1. The maximum Gasteiger partial charge on any atom is 0.118 e. The van der Waals surface area contributed by atoms with Gasteiger partial charge in [0.15, 0.2) is 0 Å². The Labute approximate surface area is 110 Å². The Morgan fingerprint density at radius 3 is 2.33 bits per heavy atom. The van der Waals surface area contributed by atoms with Gasteiger partial charge in [-0.05, 0) is 50.9 Å². The Morgan fingerprint density at radius 1 is 1.17 bits per heavy atom. The molecule has 0 saturated heterocycles. The number of methoxy groups -OCH3 is 1. The normalized spacial score (nSPS) is 11.2. The smallest absolute Gasteiger partial charge is 0.118 e. The SMILES string of the molecule is COc1ccc(CN(CCCCO)C(C)C)cc1. The minimum Gasteiger partial charge on any atom is -0.497 e. The van der Waals surface area contributed by atoms with Crippen molar-refractivity contribution in [3.63, 3.8) is 0 Å². The lowest BCUT2D eigenvalue weighted by atomic mass is 10.1. The average molecular weight is 251 g/mol. The largest absolute Gasteiger partial charge is 0.497 e. The van der Waals surface area contributed by atoms with E-state index in [0.29, 0.717) is 6.04 Å². The molecule has 3 nitrogen and oxygen atoms in total. The van der Waals surface area contributed by atoms with Crippen molar-refractivity contribution in [3.8, 4) is 5.75 Å². The number of aliphatic hydroxyl groups excluding tert-OH is 1. The third kappa shape index (κ3) is 5.07. The Kier molecular flexibility index (Phi) is 6.76. The van der Waals surface area contributed by atoms with Crippen LogP contribution in [0.3, 0.4) is 0 Å². The Morgan fingerprint density at radius 2 is 1.83 bits per heavy atom. The molecule has 0 radical (unpaired) electrons. The number of aliphatic hydroxyl groups is 1. The van der Waals surface area contributed by atoms with Crippen LogP contribution >= 0.6 is 0 Å². The van der Waals surface area contributed by atoms with E-state index in [2.05, 4.69) is 30.9 Å². The molecule has 0 atom stereocenters. The van der Waals surface area contributed by atoms with Crippen molar-refractivity contribution in [2.24, 2.45) is 0 Å². The van der Waals surface area contributed by atoms with Crippen LogP contribution in [0.5, 0.6) is 5.75 Å². The van der Waals surface area contributed by atoms with Gasteiger partial charge in [0.05, 0.1) is 7.11 Å². The van der Waals surface area contributed by atoms with Gasteiger partial charge in [-0.3, -0.25) is 4.90 Å². The molecule has 1 aromatic rings. The van der Waals surface area contributed by atoms with E-state index in [1.807, 2.05) is 12.1 Å². The monoisotopic (exact) mass is 251 g/mol. The molecular formula is C15H25NO2. The summed E-state index contributed by atoms with van der Waals surface area (Å²) in [5.41, 5.74) is 1.30. The average Bonchev–Trinajstić information content (AvgIpc) is 2.38. The third-order valence-electron chi connectivity index (χ3n) is 3.13. The summed E-state index contributed by atoms with van der Waals surface area (Å²) in [7, 11) is 1.68. The number of rotatable bonds is 8. The van der Waals surface area contributed by atoms with Gasteiger partial charge in [0.25, 0.3) is 0 Å². The van der Waals surface area contributed by atoms with Gasteiger partial charge < -0.3 is 9.84 Å². The topological polar surface area (TPSA) is 32.7 Å². The highest BCUT2D eigenvalue weighted by Gasteiger charge is 2.09. The minimum atomic E-state index is 0.286. The summed E-state index contributed by atoms with van der Waals surface area (Å²) in [5.74, 6) is 0.898. The van der Waals surface area contributed by atoms with Gasteiger partial charge in [-0.1, -0.05) is 12.1 Å². The third-order valence-corrected chi connectivity index (χ3v) is 3.13. The Bertz CT molecular complexity index is 322. The highest BCUT2D eigenvalue weighted by atomic mass is 16.5. The number of hydrogen-bond acceptors (Lipinski definition) is 3. The molecule has 1 N–H and O–H groups in total. The fraction of sp³-hybridized carbons (Fsp3) is 0.600. The molecule has 0 aliphatic rings. The summed E-state index contributed by atoms with van der Waals surface area (Å²) in [4.78, 5) is 2.43. The molecule has 0 spiro atoms. The van der Waals surface area contributed by atoms with E-state index in [1.165, 1.54) is 5.56 Å². The summed E-state index contributed by atoms with van der Waals surface area (Å²) in [6, 6.07) is 8.75. The van der Waals surface area contributed by atoms with Gasteiger partial charge in [-0.15, -0.1) is 0 Å². The van der Waals surface area contributed by atoms with Crippen molar-refractivity contribution < 1.29 is 9.84 Å². The highest BCUT2D eigenvalue weighted by Crippen LogP contribution is 2.14. The zero-order chi connectivity index (χ0) is 13.4. The van der Waals surface area contributed by atoms with Crippen molar-refractivity contribution in [2.45, 2.75) is 39.3 Å². The van der Waals surface area contributed by atoms with E-state index >= 15 is 0 Å². The van der Waals surface area contributed by atoms with Crippen LogP contribution in [0.15, 0.2) is 24.3 Å². The maximum absolute atomic E-state index is 8.83. The van der Waals surface area contributed by atoms with E-state index in [9.17, 15) is 0 Å². The molecule has 102 valence electrons. The lowest BCUT2D eigenvalue weighted by Gasteiger charge is -2.26. The molecule has 0 amide bonds. The number of benzene rings is 1. The van der Waals surface area contributed by atoms with Crippen LogP contribution in [0.25, 0.3) is 0 Å². The van der Waals surface area contributed by atoms with Crippen LogP contribution in [0.2, 0.25) is 0 Å². The van der Waals surface area contributed by atoms with Crippen molar-refractivity contribution in [1.29, 1.82) is 0 Å². The molecule has 0 unspecified atom stereocenters. The molecule has 1 rings (SSSR count). The molecule has 1 aromatic carbocycles. The first-order valence-corrected chi connectivity index (χ1v) is 6.65. The highest BCUT2D eigenvalue weighted by molar-refractivity contribution is 5.27. The first-order chi connectivity index (χ1) is 8.67. The van der Waals surface area contributed by atoms with Gasteiger partial charge in [-0.2, -0.15) is 0 Å². The van der Waals surface area contributed by atoms with Crippen molar-refractivity contribution in [2.75, 3.05) is 20.3 Å². The molecule has 0 bridgehead atoms. The quantitative estimate of drug-likeness (QED) is 0.721. The fourth-order valence-corrected chi connectivity index (χ4v) is 1.91. The van der Waals surface area contributed by atoms with Crippen LogP contribution in [0, 0.1) is 0 Å². The molecule has 0 fully saturated rings. The van der Waals surface area contributed by atoms with Crippen LogP contribution < -0.4 is 4.74 Å². The van der Waals surface area contributed by atoms with Crippen LogP contribution in [-0.4, -0.2) is 36.3 Å². The van der Waals surface area contributed by atoms with Crippen LogP contribution in [0.1, 0.15) is 32.3 Å². The predicted molar refractivity (Wildman–Crippen MR) is 74.9 cm³/mol. The summed E-state index contributed by atoms with van der Waals surface area (Å²) in [6.07, 6.45) is 1.93. The predicted octanol–water partition coefficient (Wildman–Crippen LogP) is 2.68. The molecule has 0 heterocycles. The standard InChI is InChI=1S/C15H25NO2/c1-13(2)16(10-4-5-11-17)12-14-6-8-15(18-3)9-7-14/h6-9,13,17H,4-5,10-12H2,1-3H3. The van der Waals surface area contributed by atoms with E-state index in [0.717, 1.165) is 31.7 Å². The molecule has 3 heteroatoms. The molecular weight excluding hydrogens is 226 g/mol.